The van der Waals surface area contributed by atoms with Crippen LogP contribution in [0.25, 0.3) is 0 Å². The summed E-state index contributed by atoms with van der Waals surface area (Å²) in [7, 11) is 3.67. The number of ether oxygens (including phenoxy) is 1. The Balaban J connectivity index is 1.49. The minimum atomic E-state index is -0.0669. The molecule has 1 atom stereocenters. The first-order chi connectivity index (χ1) is 12.1. The molecule has 0 bridgehead atoms. The topological polar surface area (TPSA) is 53.8 Å². The van der Waals surface area contributed by atoms with Gasteiger partial charge in [0.05, 0.1) is 12.7 Å². The van der Waals surface area contributed by atoms with Crippen molar-refractivity contribution in [2.45, 2.75) is 25.4 Å². The van der Waals surface area contributed by atoms with E-state index < -0.39 is 0 Å². The third kappa shape index (κ3) is 5.03. The summed E-state index contributed by atoms with van der Waals surface area (Å²) in [4.78, 5) is 23.4. The van der Waals surface area contributed by atoms with Crippen molar-refractivity contribution < 1.29 is 4.74 Å². The molecule has 3 heterocycles. The molecule has 7 heteroatoms. The van der Waals surface area contributed by atoms with Crippen LogP contribution in [0.4, 0.5) is 5.82 Å². The largest absolute Gasteiger partial charge is 0.374 e. The Kier molecular flexibility index (Phi) is 6.45. The molecule has 0 N–H and O–H groups in total. The van der Waals surface area contributed by atoms with Gasteiger partial charge in [-0.15, -0.1) is 0 Å². The van der Waals surface area contributed by atoms with Crippen molar-refractivity contribution in [1.29, 1.82) is 0 Å². The monoisotopic (exact) mass is 349 g/mol. The highest BCUT2D eigenvalue weighted by Crippen LogP contribution is 2.11. The number of aryl methyl sites for hydroxylation is 1. The van der Waals surface area contributed by atoms with E-state index in [0.717, 1.165) is 32.8 Å². The number of aromatic nitrogens is 2. The predicted octanol–water partition coefficient (Wildman–Crippen LogP) is 0.403. The molecule has 2 aliphatic heterocycles. The lowest BCUT2D eigenvalue weighted by Gasteiger charge is -2.36. The third-order valence-corrected chi connectivity index (χ3v) is 5.24. The highest BCUT2D eigenvalue weighted by atomic mass is 16.5. The van der Waals surface area contributed by atoms with Crippen molar-refractivity contribution >= 4 is 5.82 Å². The Bertz CT molecular complexity index is 599. The standard InChI is InChI=1S/C18H31N5O2/c1-20-9-6-19-17(18(20)24)21(2)14-16-15-23(12-13-25-16)11-10-22-7-4-3-5-8-22/h6,9,16H,3-5,7-8,10-15H2,1-2H3/t16-/m0/s1. The molecule has 3 rings (SSSR count). The number of piperidine rings is 1. The summed E-state index contributed by atoms with van der Waals surface area (Å²) < 4.78 is 7.49. The number of rotatable bonds is 6. The number of morpholine rings is 1. The average molecular weight is 349 g/mol. The third-order valence-electron chi connectivity index (χ3n) is 5.24. The number of hydrogen-bond donors (Lipinski definition) is 0. The number of hydrogen-bond acceptors (Lipinski definition) is 6. The molecule has 0 radical (unpaired) electrons. The average Bonchev–Trinajstić information content (AvgIpc) is 2.63. The van der Waals surface area contributed by atoms with Crippen LogP contribution in [-0.4, -0.2) is 84.9 Å². The molecule has 0 aliphatic carbocycles. The van der Waals surface area contributed by atoms with Crippen LogP contribution in [0.5, 0.6) is 0 Å². The van der Waals surface area contributed by atoms with Crippen molar-refractivity contribution in [3.05, 3.63) is 22.7 Å². The van der Waals surface area contributed by atoms with Gasteiger partial charge in [0.25, 0.3) is 5.56 Å². The summed E-state index contributed by atoms with van der Waals surface area (Å²) in [5.74, 6) is 0.485. The molecular weight excluding hydrogens is 318 g/mol. The summed E-state index contributed by atoms with van der Waals surface area (Å²) in [6.07, 6.45) is 7.53. The molecule has 1 aromatic rings. The zero-order valence-corrected chi connectivity index (χ0v) is 15.6. The molecule has 0 aromatic carbocycles. The van der Waals surface area contributed by atoms with Crippen LogP contribution in [0.2, 0.25) is 0 Å². The Labute approximate surface area is 150 Å². The number of nitrogens with zero attached hydrogens (tertiary/aromatic N) is 5. The number of likely N-dealkylation sites (N-methyl/N-ethyl adjacent to an activating group) is 1. The van der Waals surface area contributed by atoms with Crippen LogP contribution in [0.1, 0.15) is 19.3 Å². The van der Waals surface area contributed by atoms with Crippen LogP contribution in [0, 0.1) is 0 Å². The van der Waals surface area contributed by atoms with Gasteiger partial charge >= 0.3 is 0 Å². The lowest BCUT2D eigenvalue weighted by molar-refractivity contribution is -0.0262. The Morgan fingerprint density at radius 3 is 2.76 bits per heavy atom. The molecular formula is C18H31N5O2. The quantitative estimate of drug-likeness (QED) is 0.741. The van der Waals surface area contributed by atoms with E-state index in [1.54, 1.807) is 24.0 Å². The molecule has 140 valence electrons. The van der Waals surface area contributed by atoms with Gasteiger partial charge in [0.1, 0.15) is 0 Å². The maximum atomic E-state index is 12.2. The van der Waals surface area contributed by atoms with E-state index >= 15 is 0 Å². The van der Waals surface area contributed by atoms with Gasteiger partial charge < -0.3 is 19.1 Å². The first kappa shape index (κ1) is 18.4. The van der Waals surface area contributed by atoms with Gasteiger partial charge in [-0.1, -0.05) is 6.42 Å². The summed E-state index contributed by atoms with van der Waals surface area (Å²) in [5.41, 5.74) is -0.0669. The molecule has 0 spiro atoms. The highest BCUT2D eigenvalue weighted by Gasteiger charge is 2.23. The smallest absolute Gasteiger partial charge is 0.293 e. The Morgan fingerprint density at radius 2 is 1.96 bits per heavy atom. The van der Waals surface area contributed by atoms with Crippen molar-refractivity contribution in [2.24, 2.45) is 7.05 Å². The van der Waals surface area contributed by atoms with E-state index in [9.17, 15) is 4.79 Å². The summed E-state index contributed by atoms with van der Waals surface area (Å²) in [6, 6.07) is 0. The Morgan fingerprint density at radius 1 is 1.20 bits per heavy atom. The summed E-state index contributed by atoms with van der Waals surface area (Å²) >= 11 is 0. The van der Waals surface area contributed by atoms with E-state index in [4.69, 9.17) is 4.74 Å². The fourth-order valence-corrected chi connectivity index (χ4v) is 3.70. The van der Waals surface area contributed by atoms with Gasteiger partial charge in [-0.25, -0.2) is 4.98 Å². The first-order valence-electron chi connectivity index (χ1n) is 9.42. The van der Waals surface area contributed by atoms with E-state index in [-0.39, 0.29) is 11.7 Å². The van der Waals surface area contributed by atoms with Crippen LogP contribution >= 0.6 is 0 Å². The zero-order valence-electron chi connectivity index (χ0n) is 15.6. The van der Waals surface area contributed by atoms with Crippen LogP contribution in [-0.2, 0) is 11.8 Å². The van der Waals surface area contributed by atoms with E-state index in [0.29, 0.717) is 12.4 Å². The SMILES string of the molecule is CN(C[C@H]1CN(CCN2CCCCC2)CCO1)c1nccn(C)c1=O. The van der Waals surface area contributed by atoms with Crippen molar-refractivity contribution in [2.75, 3.05) is 64.4 Å². The van der Waals surface area contributed by atoms with Gasteiger partial charge in [-0.2, -0.15) is 0 Å². The fourth-order valence-electron chi connectivity index (χ4n) is 3.70. The van der Waals surface area contributed by atoms with Gasteiger partial charge in [0, 0.05) is 59.2 Å². The maximum absolute atomic E-state index is 12.2. The zero-order chi connectivity index (χ0) is 17.6. The highest BCUT2D eigenvalue weighted by molar-refractivity contribution is 5.34. The van der Waals surface area contributed by atoms with E-state index in [2.05, 4.69) is 14.8 Å². The number of likely N-dealkylation sites (tertiary alicyclic amines) is 1. The van der Waals surface area contributed by atoms with Crippen molar-refractivity contribution in [3.8, 4) is 0 Å². The summed E-state index contributed by atoms with van der Waals surface area (Å²) in [5, 5.41) is 0. The molecule has 7 nitrogen and oxygen atoms in total. The summed E-state index contributed by atoms with van der Waals surface area (Å²) in [6.45, 7) is 8.13. The molecule has 0 amide bonds. The molecule has 2 saturated heterocycles. The predicted molar refractivity (Wildman–Crippen MR) is 99.2 cm³/mol. The molecule has 1 aromatic heterocycles. The molecule has 2 fully saturated rings. The number of anilines is 1. The van der Waals surface area contributed by atoms with Crippen LogP contribution in [0.15, 0.2) is 17.2 Å². The van der Waals surface area contributed by atoms with Crippen LogP contribution < -0.4 is 10.5 Å². The minimum Gasteiger partial charge on any atom is -0.374 e. The molecule has 25 heavy (non-hydrogen) atoms. The van der Waals surface area contributed by atoms with Crippen LogP contribution in [0.3, 0.4) is 0 Å². The second-order valence-electron chi connectivity index (χ2n) is 7.24. The Hall–Kier alpha value is -1.44. The minimum absolute atomic E-state index is 0.0669. The lowest BCUT2D eigenvalue weighted by Crippen LogP contribution is -2.49. The van der Waals surface area contributed by atoms with Gasteiger partial charge in [-0.3, -0.25) is 9.69 Å². The second kappa shape index (κ2) is 8.78. The molecule has 0 saturated carbocycles. The molecule has 2 aliphatic rings. The lowest BCUT2D eigenvalue weighted by atomic mass is 10.1. The normalized spacial score (nSPS) is 22.9. The van der Waals surface area contributed by atoms with Crippen molar-refractivity contribution in [1.82, 2.24) is 19.4 Å². The van der Waals surface area contributed by atoms with Gasteiger partial charge in [-0.05, 0) is 25.9 Å². The fraction of sp³-hybridized carbons (Fsp3) is 0.778. The first-order valence-corrected chi connectivity index (χ1v) is 9.42. The maximum Gasteiger partial charge on any atom is 0.293 e. The van der Waals surface area contributed by atoms with Gasteiger partial charge in [0.15, 0.2) is 5.82 Å². The molecule has 0 unspecified atom stereocenters. The van der Waals surface area contributed by atoms with E-state index in [1.165, 1.54) is 32.4 Å². The second-order valence-corrected chi connectivity index (χ2v) is 7.24. The van der Waals surface area contributed by atoms with E-state index in [1.807, 2.05) is 11.9 Å². The van der Waals surface area contributed by atoms with Crippen molar-refractivity contribution in [3.63, 3.8) is 0 Å². The van der Waals surface area contributed by atoms with Gasteiger partial charge in [0.2, 0.25) is 0 Å².